The van der Waals surface area contributed by atoms with Gasteiger partial charge in [-0.25, -0.2) is 0 Å². The van der Waals surface area contributed by atoms with Gasteiger partial charge in [-0.1, -0.05) is 0 Å². The standard InChI is InChI=1S/C9H18O2Te/c1-4-7-8(5-2)12-11-9(10)6-3/h8H,4-7H2,1-3H3. The second-order valence-electron chi connectivity index (χ2n) is 2.72. The molecule has 72 valence electrons. The van der Waals surface area contributed by atoms with Crippen LogP contribution in [0.3, 0.4) is 0 Å². The van der Waals surface area contributed by atoms with Crippen molar-refractivity contribution in [3.8, 4) is 0 Å². The molecule has 0 aromatic carbocycles. The number of rotatable bonds is 6. The number of hydrogen-bond donors (Lipinski definition) is 0. The van der Waals surface area contributed by atoms with Gasteiger partial charge < -0.3 is 0 Å². The molecule has 0 aliphatic carbocycles. The summed E-state index contributed by atoms with van der Waals surface area (Å²) in [5.74, 6) is -0.0213. The summed E-state index contributed by atoms with van der Waals surface area (Å²) in [7, 11) is 0. The second kappa shape index (κ2) is 7.89. The van der Waals surface area contributed by atoms with Gasteiger partial charge in [-0.2, -0.15) is 0 Å². The summed E-state index contributed by atoms with van der Waals surface area (Å²) in [4.78, 5) is 10.8. The number of hydrogen-bond acceptors (Lipinski definition) is 2. The third-order valence-corrected chi connectivity index (χ3v) is 4.84. The Kier molecular flexibility index (Phi) is 8.06. The van der Waals surface area contributed by atoms with Crippen molar-refractivity contribution in [1.82, 2.24) is 0 Å². The summed E-state index contributed by atoms with van der Waals surface area (Å²) in [6.07, 6.45) is 4.10. The summed E-state index contributed by atoms with van der Waals surface area (Å²) in [5.41, 5.74) is 0. The minimum atomic E-state index is -0.517. The summed E-state index contributed by atoms with van der Waals surface area (Å²) < 4.78 is 5.88. The van der Waals surface area contributed by atoms with E-state index >= 15 is 0 Å². The van der Waals surface area contributed by atoms with Crippen LogP contribution in [0.1, 0.15) is 46.5 Å². The molecule has 0 aliphatic rings. The van der Waals surface area contributed by atoms with E-state index in [-0.39, 0.29) is 5.97 Å². The molecule has 0 amide bonds. The molecular weight excluding hydrogens is 268 g/mol. The van der Waals surface area contributed by atoms with Gasteiger partial charge in [0.25, 0.3) is 0 Å². The fourth-order valence-electron chi connectivity index (χ4n) is 0.823. The fraction of sp³-hybridized carbons (Fsp3) is 0.889. The van der Waals surface area contributed by atoms with Crippen molar-refractivity contribution in [3.63, 3.8) is 0 Å². The molecule has 0 aromatic heterocycles. The van der Waals surface area contributed by atoms with Crippen LogP contribution in [0.5, 0.6) is 0 Å². The van der Waals surface area contributed by atoms with E-state index in [0.717, 1.165) is 6.42 Å². The SMILES string of the molecule is CCCC(CC)[Te]OC(=O)CC. The Balaban J connectivity index is 3.50. The molecular formula is C9H18O2Te. The monoisotopic (exact) mass is 288 g/mol. The molecule has 0 saturated heterocycles. The van der Waals surface area contributed by atoms with Crippen LogP contribution in [-0.4, -0.2) is 27.3 Å². The Bertz CT molecular complexity index is 126. The van der Waals surface area contributed by atoms with Gasteiger partial charge in [0, 0.05) is 0 Å². The molecule has 1 atom stereocenters. The molecule has 0 fully saturated rings. The van der Waals surface area contributed by atoms with Crippen LogP contribution in [-0.2, 0) is 7.90 Å². The van der Waals surface area contributed by atoms with Crippen molar-refractivity contribution < 1.29 is 7.90 Å². The zero-order valence-electron chi connectivity index (χ0n) is 8.13. The van der Waals surface area contributed by atoms with Crippen LogP contribution in [0.15, 0.2) is 0 Å². The van der Waals surface area contributed by atoms with Crippen molar-refractivity contribution in [1.29, 1.82) is 0 Å². The van der Waals surface area contributed by atoms with Crippen LogP contribution < -0.4 is 0 Å². The Morgan fingerprint density at radius 1 is 1.42 bits per heavy atom. The van der Waals surface area contributed by atoms with Gasteiger partial charge in [-0.3, -0.25) is 0 Å². The summed E-state index contributed by atoms with van der Waals surface area (Å²) in [6.45, 7) is 6.19. The molecule has 0 rings (SSSR count). The van der Waals surface area contributed by atoms with Crippen molar-refractivity contribution in [2.45, 2.75) is 50.4 Å². The second-order valence-corrected chi connectivity index (χ2v) is 5.65. The molecule has 0 saturated carbocycles. The Morgan fingerprint density at radius 2 is 2.08 bits per heavy atom. The Hall–Kier alpha value is 0.260. The molecule has 0 radical (unpaired) electrons. The molecule has 0 aromatic rings. The van der Waals surface area contributed by atoms with Crippen molar-refractivity contribution >= 4 is 27.3 Å². The van der Waals surface area contributed by atoms with E-state index in [1.807, 2.05) is 6.92 Å². The van der Waals surface area contributed by atoms with Gasteiger partial charge in [0.1, 0.15) is 0 Å². The van der Waals surface area contributed by atoms with E-state index < -0.39 is 21.3 Å². The van der Waals surface area contributed by atoms with Crippen LogP contribution in [0.2, 0.25) is 3.97 Å². The molecule has 1 unspecified atom stereocenters. The third kappa shape index (κ3) is 5.85. The van der Waals surface area contributed by atoms with E-state index in [1.54, 1.807) is 0 Å². The zero-order valence-corrected chi connectivity index (χ0v) is 10.5. The first-order valence-corrected chi connectivity index (χ1v) is 6.90. The van der Waals surface area contributed by atoms with Crippen LogP contribution >= 0.6 is 0 Å². The maximum atomic E-state index is 10.8. The number of carbonyl (C=O) groups is 1. The van der Waals surface area contributed by atoms with Gasteiger partial charge in [0.05, 0.1) is 0 Å². The van der Waals surface area contributed by atoms with E-state index in [1.165, 1.54) is 12.8 Å². The van der Waals surface area contributed by atoms with Crippen LogP contribution in [0.25, 0.3) is 0 Å². The molecule has 0 N–H and O–H groups in total. The van der Waals surface area contributed by atoms with Crippen molar-refractivity contribution in [2.75, 3.05) is 0 Å². The van der Waals surface area contributed by atoms with Gasteiger partial charge in [0.2, 0.25) is 0 Å². The fourth-order valence-corrected chi connectivity index (χ4v) is 3.19. The molecule has 12 heavy (non-hydrogen) atoms. The van der Waals surface area contributed by atoms with Gasteiger partial charge in [-0.05, 0) is 0 Å². The summed E-state index contributed by atoms with van der Waals surface area (Å²) in [5, 5.41) is 0. The molecule has 0 aliphatic heterocycles. The van der Waals surface area contributed by atoms with Crippen molar-refractivity contribution in [3.05, 3.63) is 0 Å². The summed E-state index contributed by atoms with van der Waals surface area (Å²) >= 11 is -0.517. The average Bonchev–Trinajstić information content (AvgIpc) is 2.11. The van der Waals surface area contributed by atoms with E-state index in [2.05, 4.69) is 13.8 Å². The van der Waals surface area contributed by atoms with E-state index in [9.17, 15) is 4.79 Å². The van der Waals surface area contributed by atoms with E-state index in [4.69, 9.17) is 3.10 Å². The Labute approximate surface area is 85.7 Å². The third-order valence-electron chi connectivity index (χ3n) is 1.63. The topological polar surface area (TPSA) is 26.3 Å². The van der Waals surface area contributed by atoms with Crippen LogP contribution in [0.4, 0.5) is 0 Å². The molecule has 3 heteroatoms. The molecule has 2 nitrogen and oxygen atoms in total. The van der Waals surface area contributed by atoms with Crippen molar-refractivity contribution in [2.24, 2.45) is 0 Å². The van der Waals surface area contributed by atoms with Gasteiger partial charge in [0.15, 0.2) is 0 Å². The maximum absolute atomic E-state index is 10.8. The first-order valence-electron chi connectivity index (χ1n) is 4.60. The zero-order chi connectivity index (χ0) is 9.40. The first kappa shape index (κ1) is 12.3. The summed E-state index contributed by atoms with van der Waals surface area (Å²) in [6, 6.07) is 0. The molecule has 0 spiro atoms. The van der Waals surface area contributed by atoms with Gasteiger partial charge in [-0.15, -0.1) is 0 Å². The number of carbonyl (C=O) groups excluding carboxylic acids is 1. The molecule has 0 heterocycles. The minimum absolute atomic E-state index is 0.0213. The predicted molar refractivity (Wildman–Crippen MR) is 51.1 cm³/mol. The van der Waals surface area contributed by atoms with Gasteiger partial charge >= 0.3 is 85.6 Å². The van der Waals surface area contributed by atoms with E-state index in [0.29, 0.717) is 10.4 Å². The first-order chi connectivity index (χ1) is 5.74. The molecule has 0 bridgehead atoms. The quantitative estimate of drug-likeness (QED) is 0.701. The average molecular weight is 286 g/mol. The normalized spacial score (nSPS) is 12.6. The van der Waals surface area contributed by atoms with Crippen LogP contribution in [0, 0.1) is 0 Å². The predicted octanol–water partition coefficient (Wildman–Crippen LogP) is 2.56. The Morgan fingerprint density at radius 3 is 2.50 bits per heavy atom.